The number of hydrogen-bond donors (Lipinski definition) is 2. The molecular weight excluding hydrogens is 330 g/mol. The summed E-state index contributed by atoms with van der Waals surface area (Å²) in [6, 6.07) is 6.77. The Morgan fingerprint density at radius 2 is 1.81 bits per heavy atom. The molecule has 26 heavy (non-hydrogen) atoms. The van der Waals surface area contributed by atoms with Crippen LogP contribution in [-0.2, 0) is 9.59 Å². The van der Waals surface area contributed by atoms with Crippen LogP contribution < -0.4 is 11.1 Å². The van der Waals surface area contributed by atoms with Crippen LogP contribution in [0.3, 0.4) is 0 Å². The second-order valence-electron chi connectivity index (χ2n) is 7.47. The molecule has 3 amide bonds. The van der Waals surface area contributed by atoms with Crippen molar-refractivity contribution in [1.82, 2.24) is 10.2 Å². The summed E-state index contributed by atoms with van der Waals surface area (Å²) in [4.78, 5) is 38.6. The first kappa shape index (κ1) is 19.9. The van der Waals surface area contributed by atoms with E-state index in [4.69, 9.17) is 5.73 Å². The molecule has 0 saturated carbocycles. The largest absolute Gasteiger partial charge is 0.369 e. The normalized spacial score (nSPS) is 16.4. The summed E-state index contributed by atoms with van der Waals surface area (Å²) in [7, 11) is 0. The number of nitrogens with zero attached hydrogens (tertiary/aromatic N) is 1. The Bertz CT molecular complexity index is 664. The lowest BCUT2D eigenvalue weighted by molar-refractivity contribution is -0.137. The SMILES string of the molecule is Cc1ccccc1C(=O)N[C@H](CC(C)C)C(=O)N1CCC(C(N)=O)CC1. The van der Waals surface area contributed by atoms with Crippen LogP contribution in [0.25, 0.3) is 0 Å². The Kier molecular flexibility index (Phi) is 6.77. The first-order valence-corrected chi connectivity index (χ1v) is 9.24. The minimum Gasteiger partial charge on any atom is -0.369 e. The summed E-state index contributed by atoms with van der Waals surface area (Å²) in [5.41, 5.74) is 6.82. The summed E-state index contributed by atoms with van der Waals surface area (Å²) in [6.07, 6.45) is 1.74. The van der Waals surface area contributed by atoms with E-state index < -0.39 is 6.04 Å². The fourth-order valence-electron chi connectivity index (χ4n) is 3.36. The van der Waals surface area contributed by atoms with Crippen molar-refractivity contribution in [3.05, 3.63) is 35.4 Å². The molecule has 1 atom stereocenters. The third-order valence-electron chi connectivity index (χ3n) is 4.91. The fraction of sp³-hybridized carbons (Fsp3) is 0.550. The van der Waals surface area contributed by atoms with E-state index in [9.17, 15) is 14.4 Å². The van der Waals surface area contributed by atoms with Gasteiger partial charge in [-0.1, -0.05) is 32.0 Å². The Hall–Kier alpha value is -2.37. The summed E-state index contributed by atoms with van der Waals surface area (Å²) in [5, 5.41) is 2.91. The number of carbonyl (C=O) groups is 3. The van der Waals surface area contributed by atoms with Crippen LogP contribution in [0.4, 0.5) is 0 Å². The molecule has 1 heterocycles. The average molecular weight is 359 g/mol. The number of nitrogens with two attached hydrogens (primary N) is 1. The van der Waals surface area contributed by atoms with Crippen LogP contribution in [0.5, 0.6) is 0 Å². The highest BCUT2D eigenvalue weighted by Gasteiger charge is 2.31. The Labute approximate surface area is 155 Å². The number of rotatable bonds is 6. The van der Waals surface area contributed by atoms with Gasteiger partial charge in [0.2, 0.25) is 11.8 Å². The van der Waals surface area contributed by atoms with Crippen molar-refractivity contribution in [2.75, 3.05) is 13.1 Å². The third-order valence-corrected chi connectivity index (χ3v) is 4.91. The molecule has 1 aliphatic rings. The van der Waals surface area contributed by atoms with Crippen LogP contribution in [0.1, 0.15) is 49.0 Å². The zero-order chi connectivity index (χ0) is 19.3. The van der Waals surface area contributed by atoms with Gasteiger partial charge >= 0.3 is 0 Å². The van der Waals surface area contributed by atoms with Gasteiger partial charge in [-0.3, -0.25) is 14.4 Å². The zero-order valence-electron chi connectivity index (χ0n) is 15.8. The topological polar surface area (TPSA) is 92.5 Å². The number of aryl methyl sites for hydroxylation is 1. The van der Waals surface area contributed by atoms with E-state index in [1.807, 2.05) is 39.0 Å². The van der Waals surface area contributed by atoms with Crippen molar-refractivity contribution in [3.63, 3.8) is 0 Å². The van der Waals surface area contributed by atoms with Crippen LogP contribution in [-0.4, -0.2) is 41.8 Å². The number of carbonyl (C=O) groups excluding carboxylic acids is 3. The lowest BCUT2D eigenvalue weighted by Gasteiger charge is -2.34. The average Bonchev–Trinajstić information content (AvgIpc) is 2.60. The molecule has 6 nitrogen and oxygen atoms in total. The lowest BCUT2D eigenvalue weighted by atomic mass is 9.94. The molecule has 3 N–H and O–H groups in total. The van der Waals surface area contributed by atoms with Crippen molar-refractivity contribution < 1.29 is 14.4 Å². The van der Waals surface area contributed by atoms with Crippen molar-refractivity contribution in [2.45, 2.75) is 46.1 Å². The van der Waals surface area contributed by atoms with E-state index in [1.165, 1.54) is 0 Å². The van der Waals surface area contributed by atoms with Crippen LogP contribution >= 0.6 is 0 Å². The molecule has 1 saturated heterocycles. The van der Waals surface area contributed by atoms with Gasteiger partial charge in [-0.25, -0.2) is 0 Å². The van der Waals surface area contributed by atoms with E-state index >= 15 is 0 Å². The number of hydrogen-bond acceptors (Lipinski definition) is 3. The molecule has 1 aromatic rings. The summed E-state index contributed by atoms with van der Waals surface area (Å²) in [6.45, 7) is 6.93. The quantitative estimate of drug-likeness (QED) is 0.812. The Morgan fingerprint density at radius 1 is 1.19 bits per heavy atom. The zero-order valence-corrected chi connectivity index (χ0v) is 15.8. The van der Waals surface area contributed by atoms with Crippen molar-refractivity contribution >= 4 is 17.7 Å². The second kappa shape index (κ2) is 8.83. The Balaban J connectivity index is 2.07. The number of amides is 3. The van der Waals surface area contributed by atoms with Crippen molar-refractivity contribution in [2.24, 2.45) is 17.6 Å². The van der Waals surface area contributed by atoms with Crippen molar-refractivity contribution in [1.29, 1.82) is 0 Å². The fourth-order valence-corrected chi connectivity index (χ4v) is 3.36. The minimum atomic E-state index is -0.563. The highest BCUT2D eigenvalue weighted by Crippen LogP contribution is 2.19. The first-order valence-electron chi connectivity index (χ1n) is 9.24. The number of likely N-dealkylation sites (tertiary alicyclic amines) is 1. The van der Waals surface area contributed by atoms with Gasteiger partial charge in [0.15, 0.2) is 0 Å². The van der Waals surface area contributed by atoms with E-state index in [0.29, 0.717) is 37.9 Å². The van der Waals surface area contributed by atoms with Gasteiger partial charge in [-0.15, -0.1) is 0 Å². The molecule has 0 bridgehead atoms. The third kappa shape index (κ3) is 5.07. The van der Waals surface area contributed by atoms with Gasteiger partial charge in [-0.05, 0) is 43.7 Å². The molecule has 6 heteroatoms. The van der Waals surface area contributed by atoms with Gasteiger partial charge < -0.3 is 16.0 Å². The molecular formula is C20H29N3O3. The second-order valence-corrected chi connectivity index (χ2v) is 7.47. The maximum absolute atomic E-state index is 13.0. The number of primary amides is 1. The molecule has 1 aliphatic heterocycles. The molecule has 0 aromatic heterocycles. The van der Waals surface area contributed by atoms with E-state index in [-0.39, 0.29) is 29.6 Å². The van der Waals surface area contributed by atoms with Crippen LogP contribution in [0, 0.1) is 18.8 Å². The first-order chi connectivity index (χ1) is 12.3. The van der Waals surface area contributed by atoms with E-state index in [0.717, 1.165) is 5.56 Å². The number of benzene rings is 1. The smallest absolute Gasteiger partial charge is 0.252 e. The van der Waals surface area contributed by atoms with Crippen molar-refractivity contribution in [3.8, 4) is 0 Å². The van der Waals surface area contributed by atoms with E-state index in [2.05, 4.69) is 5.32 Å². The maximum Gasteiger partial charge on any atom is 0.252 e. The van der Waals surface area contributed by atoms with E-state index in [1.54, 1.807) is 11.0 Å². The molecule has 0 spiro atoms. The molecule has 1 fully saturated rings. The molecule has 0 radical (unpaired) electrons. The lowest BCUT2D eigenvalue weighted by Crippen LogP contribution is -2.52. The summed E-state index contributed by atoms with van der Waals surface area (Å²) in [5.74, 6) is -0.505. The predicted molar refractivity (Wildman–Crippen MR) is 100 cm³/mol. The molecule has 1 aromatic carbocycles. The van der Waals surface area contributed by atoms with Gasteiger partial charge in [0.25, 0.3) is 5.91 Å². The van der Waals surface area contributed by atoms with Gasteiger partial charge in [-0.2, -0.15) is 0 Å². The Morgan fingerprint density at radius 3 is 2.35 bits per heavy atom. The molecule has 0 unspecified atom stereocenters. The van der Waals surface area contributed by atoms with Gasteiger partial charge in [0.1, 0.15) is 6.04 Å². The molecule has 142 valence electrons. The number of piperidine rings is 1. The monoisotopic (exact) mass is 359 g/mol. The van der Waals surface area contributed by atoms with Gasteiger partial charge in [0.05, 0.1) is 0 Å². The number of nitrogens with one attached hydrogen (secondary N) is 1. The predicted octanol–water partition coefficient (Wildman–Crippen LogP) is 1.86. The van der Waals surface area contributed by atoms with Crippen LogP contribution in [0.2, 0.25) is 0 Å². The minimum absolute atomic E-state index is 0.0800. The standard InChI is InChI=1S/C20H29N3O3/c1-13(2)12-17(22-19(25)16-7-5-4-6-14(16)3)20(26)23-10-8-15(9-11-23)18(21)24/h4-7,13,15,17H,8-12H2,1-3H3,(H2,21,24)(H,22,25)/t17-/m1/s1. The van der Waals surface area contributed by atoms with Gasteiger partial charge in [0, 0.05) is 24.6 Å². The highest BCUT2D eigenvalue weighted by atomic mass is 16.2. The highest BCUT2D eigenvalue weighted by molar-refractivity contribution is 5.98. The van der Waals surface area contributed by atoms with Crippen LogP contribution in [0.15, 0.2) is 24.3 Å². The summed E-state index contributed by atoms with van der Waals surface area (Å²) < 4.78 is 0. The molecule has 2 rings (SSSR count). The maximum atomic E-state index is 13.0. The summed E-state index contributed by atoms with van der Waals surface area (Å²) >= 11 is 0. The molecule has 0 aliphatic carbocycles.